The van der Waals surface area contributed by atoms with Crippen LogP contribution in [0.1, 0.15) is 48.2 Å². The Morgan fingerprint density at radius 1 is 1.13 bits per heavy atom. The number of aromatic nitrogens is 4. The number of hydrogen-bond acceptors (Lipinski definition) is 7. The van der Waals surface area contributed by atoms with Crippen LogP contribution in [0.3, 0.4) is 0 Å². The van der Waals surface area contributed by atoms with Crippen LogP contribution < -0.4 is 5.73 Å². The fourth-order valence-electron chi connectivity index (χ4n) is 6.18. The van der Waals surface area contributed by atoms with E-state index in [1.165, 1.54) is 6.08 Å². The van der Waals surface area contributed by atoms with Gasteiger partial charge in [0, 0.05) is 60.1 Å². The summed E-state index contributed by atoms with van der Waals surface area (Å²) in [7, 11) is 0. The third-order valence-electron chi connectivity index (χ3n) is 7.93. The van der Waals surface area contributed by atoms with Gasteiger partial charge in [-0.05, 0) is 38.5 Å². The maximum absolute atomic E-state index is 13.1. The van der Waals surface area contributed by atoms with Crippen LogP contribution in [-0.4, -0.2) is 65.5 Å². The molecule has 0 spiro atoms. The molecule has 39 heavy (non-hydrogen) atoms. The van der Waals surface area contributed by atoms with Crippen molar-refractivity contribution in [1.29, 1.82) is 0 Å². The van der Waals surface area contributed by atoms with Crippen LogP contribution in [0, 0.1) is 0 Å². The fourth-order valence-corrected chi connectivity index (χ4v) is 6.18. The number of nitrogen functional groups attached to an aromatic ring is 1. The molecule has 4 aromatic rings. The van der Waals surface area contributed by atoms with Crippen molar-refractivity contribution in [3.05, 3.63) is 90.8 Å². The number of carbonyl (C=O) groups is 2. The highest BCUT2D eigenvalue weighted by atomic mass is 16.2. The summed E-state index contributed by atoms with van der Waals surface area (Å²) in [5.41, 5.74) is 9.91. The number of nitrogens with zero attached hydrogens (tertiary/aromatic N) is 6. The lowest BCUT2D eigenvalue weighted by atomic mass is 10.0. The molecule has 9 nitrogen and oxygen atoms in total. The number of Topliss-reactive ketones (excluding diaryl/α,β-unsaturated/α-hetero) is 1. The summed E-state index contributed by atoms with van der Waals surface area (Å²) >= 11 is 0. The average molecular weight is 522 g/mol. The summed E-state index contributed by atoms with van der Waals surface area (Å²) < 4.78 is 1.96. The van der Waals surface area contributed by atoms with E-state index in [1.54, 1.807) is 12.4 Å². The molecule has 1 aromatic carbocycles. The number of pyridine rings is 1. The molecule has 2 aliphatic heterocycles. The number of nitrogens with two attached hydrogens (primary N) is 1. The van der Waals surface area contributed by atoms with Gasteiger partial charge >= 0.3 is 0 Å². The standard InChI is InChI=1S/C30H31N7O2/c1-4-25(39)37-22-16-23(36(17-22)18(2)3)27(37)30-34-26(28-29(31)33-13-14-35(28)30)20-10-8-19(9-11-20)24(38)15-21-7-5-6-12-32-21/h4-14,18,22-23,27H,1,15-17H2,2-3H3,(H2,31,33)/t22?,23-,27?/m0/s1. The van der Waals surface area contributed by atoms with Crippen LogP contribution >= 0.6 is 0 Å². The van der Waals surface area contributed by atoms with Crippen molar-refractivity contribution in [3.8, 4) is 11.3 Å². The van der Waals surface area contributed by atoms with Gasteiger partial charge in [-0.2, -0.15) is 0 Å². The molecule has 2 fully saturated rings. The Balaban J connectivity index is 1.40. The molecule has 6 rings (SSSR count). The minimum Gasteiger partial charge on any atom is -0.382 e. The van der Waals surface area contributed by atoms with Crippen LogP contribution in [0.25, 0.3) is 16.8 Å². The highest BCUT2D eigenvalue weighted by Crippen LogP contribution is 2.46. The molecule has 198 valence electrons. The number of piperazine rings is 1. The van der Waals surface area contributed by atoms with E-state index in [4.69, 9.17) is 10.7 Å². The van der Waals surface area contributed by atoms with Crippen LogP contribution in [0.2, 0.25) is 0 Å². The molecule has 0 radical (unpaired) electrons. The zero-order valence-electron chi connectivity index (χ0n) is 22.1. The van der Waals surface area contributed by atoms with Crippen LogP contribution in [0.15, 0.2) is 73.7 Å². The van der Waals surface area contributed by atoms with E-state index in [2.05, 4.69) is 35.3 Å². The second-order valence-corrected chi connectivity index (χ2v) is 10.5. The molecule has 2 N–H and O–H groups in total. The molecule has 9 heteroatoms. The van der Waals surface area contributed by atoms with Crippen molar-refractivity contribution in [2.24, 2.45) is 0 Å². The van der Waals surface area contributed by atoms with Crippen molar-refractivity contribution >= 4 is 23.0 Å². The summed E-state index contributed by atoms with van der Waals surface area (Å²) in [6.45, 7) is 8.97. The smallest absolute Gasteiger partial charge is 0.246 e. The van der Waals surface area contributed by atoms with E-state index in [9.17, 15) is 9.59 Å². The first-order valence-electron chi connectivity index (χ1n) is 13.2. The first kappa shape index (κ1) is 24.9. The van der Waals surface area contributed by atoms with Crippen molar-refractivity contribution < 1.29 is 9.59 Å². The number of rotatable bonds is 7. The average Bonchev–Trinajstić information content (AvgIpc) is 3.65. The Morgan fingerprint density at radius 2 is 1.92 bits per heavy atom. The first-order chi connectivity index (χ1) is 18.9. The number of anilines is 1. The Bertz CT molecular complexity index is 1560. The minimum absolute atomic E-state index is 0.00819. The Hall–Kier alpha value is -4.37. The van der Waals surface area contributed by atoms with E-state index < -0.39 is 0 Å². The van der Waals surface area contributed by atoms with E-state index in [-0.39, 0.29) is 36.2 Å². The van der Waals surface area contributed by atoms with Crippen molar-refractivity contribution in [2.75, 3.05) is 12.3 Å². The number of carbonyl (C=O) groups excluding carboxylic acids is 2. The SMILES string of the molecule is C=CC(=O)N1C2C[C@@H](C1c1nc(-c3ccc(C(=O)Cc4ccccn4)cc3)c3c(N)nccn13)N(C(C)C)C2. The number of hydrogen-bond donors (Lipinski definition) is 1. The molecular weight excluding hydrogens is 490 g/mol. The zero-order valence-corrected chi connectivity index (χ0v) is 22.1. The molecule has 5 heterocycles. The van der Waals surface area contributed by atoms with Gasteiger partial charge in [0.25, 0.3) is 0 Å². The quantitative estimate of drug-likeness (QED) is 0.292. The van der Waals surface area contributed by atoms with Gasteiger partial charge in [0.05, 0.1) is 6.42 Å². The molecule has 2 unspecified atom stereocenters. The monoisotopic (exact) mass is 521 g/mol. The van der Waals surface area contributed by atoms with E-state index in [1.807, 2.05) is 58.0 Å². The second kappa shape index (κ2) is 9.74. The Labute approximate surface area is 227 Å². The van der Waals surface area contributed by atoms with Crippen molar-refractivity contribution in [1.82, 2.24) is 29.2 Å². The van der Waals surface area contributed by atoms with E-state index in [0.29, 0.717) is 28.6 Å². The van der Waals surface area contributed by atoms with Gasteiger partial charge < -0.3 is 10.6 Å². The normalized spacial score (nSPS) is 20.7. The molecule has 2 aliphatic rings. The van der Waals surface area contributed by atoms with Gasteiger partial charge in [-0.3, -0.25) is 23.9 Å². The number of likely N-dealkylation sites (tertiary alicyclic amines) is 2. The lowest BCUT2D eigenvalue weighted by Crippen LogP contribution is -2.52. The van der Waals surface area contributed by atoms with Gasteiger partial charge in [0.1, 0.15) is 28.9 Å². The number of fused-ring (bicyclic) bond motifs is 3. The lowest BCUT2D eigenvalue weighted by Gasteiger charge is -2.41. The molecule has 0 saturated carbocycles. The first-order valence-corrected chi connectivity index (χ1v) is 13.2. The Morgan fingerprint density at radius 3 is 2.62 bits per heavy atom. The summed E-state index contributed by atoms with van der Waals surface area (Å²) in [6, 6.07) is 13.3. The minimum atomic E-state index is -0.251. The molecule has 1 amide bonds. The molecule has 2 bridgehead atoms. The lowest BCUT2D eigenvalue weighted by molar-refractivity contribution is -0.132. The third-order valence-corrected chi connectivity index (χ3v) is 7.93. The molecular formula is C30H31N7O2. The summed E-state index contributed by atoms with van der Waals surface area (Å²) in [6.07, 6.45) is 7.71. The predicted molar refractivity (Wildman–Crippen MR) is 149 cm³/mol. The molecule has 3 aromatic heterocycles. The highest BCUT2D eigenvalue weighted by Gasteiger charge is 2.54. The fraction of sp³-hybridized carbons (Fsp3) is 0.300. The third kappa shape index (κ3) is 4.19. The Kier molecular flexibility index (Phi) is 6.23. The van der Waals surface area contributed by atoms with E-state index in [0.717, 1.165) is 30.0 Å². The van der Waals surface area contributed by atoms with Crippen molar-refractivity contribution in [2.45, 2.75) is 50.9 Å². The van der Waals surface area contributed by atoms with Gasteiger partial charge in [0.15, 0.2) is 5.78 Å². The summed E-state index contributed by atoms with van der Waals surface area (Å²) in [5, 5.41) is 0. The van der Waals surface area contributed by atoms with Crippen LogP contribution in [0.4, 0.5) is 5.82 Å². The van der Waals surface area contributed by atoms with Crippen LogP contribution in [0.5, 0.6) is 0 Å². The summed E-state index contributed by atoms with van der Waals surface area (Å²) in [4.78, 5) is 44.0. The van der Waals surface area contributed by atoms with Crippen molar-refractivity contribution in [3.63, 3.8) is 0 Å². The zero-order chi connectivity index (χ0) is 27.3. The predicted octanol–water partition coefficient (Wildman–Crippen LogP) is 3.72. The second-order valence-electron chi connectivity index (χ2n) is 10.5. The maximum atomic E-state index is 13.1. The largest absolute Gasteiger partial charge is 0.382 e. The number of ketones is 1. The number of benzene rings is 1. The molecule has 0 aliphatic carbocycles. The van der Waals surface area contributed by atoms with E-state index >= 15 is 0 Å². The van der Waals surface area contributed by atoms with Gasteiger partial charge in [-0.15, -0.1) is 0 Å². The maximum Gasteiger partial charge on any atom is 0.246 e. The number of amides is 1. The van der Waals surface area contributed by atoms with Crippen LogP contribution in [-0.2, 0) is 11.2 Å². The van der Waals surface area contributed by atoms with Gasteiger partial charge in [0.2, 0.25) is 5.91 Å². The highest BCUT2D eigenvalue weighted by molar-refractivity contribution is 5.98. The number of imidazole rings is 1. The van der Waals surface area contributed by atoms with Gasteiger partial charge in [-0.1, -0.05) is 36.9 Å². The molecule has 3 atom stereocenters. The van der Waals surface area contributed by atoms with Gasteiger partial charge in [-0.25, -0.2) is 9.97 Å². The molecule has 2 saturated heterocycles. The summed E-state index contributed by atoms with van der Waals surface area (Å²) in [5.74, 6) is 1.00. The topological polar surface area (TPSA) is 110 Å².